The fourth-order valence-corrected chi connectivity index (χ4v) is 2.39. The lowest BCUT2D eigenvalue weighted by Gasteiger charge is -2.07. The van der Waals surface area contributed by atoms with Gasteiger partial charge in [0.15, 0.2) is 5.82 Å². The van der Waals surface area contributed by atoms with E-state index in [0.29, 0.717) is 17.6 Å². The van der Waals surface area contributed by atoms with Gasteiger partial charge in [-0.05, 0) is 31.2 Å². The summed E-state index contributed by atoms with van der Waals surface area (Å²) in [5.74, 6) is 0.474. The SMILES string of the molecule is Cc1ncn(-c2ccc(Nc3nccc(-n4cc(C(=O)O)cn4)n3)cc2)n1. The molecule has 4 aromatic rings. The van der Waals surface area contributed by atoms with E-state index in [0.717, 1.165) is 11.4 Å². The molecule has 10 nitrogen and oxygen atoms in total. The van der Waals surface area contributed by atoms with Gasteiger partial charge in [-0.2, -0.15) is 15.2 Å². The third-order valence-electron chi connectivity index (χ3n) is 3.70. The van der Waals surface area contributed by atoms with Gasteiger partial charge in [0.1, 0.15) is 12.2 Å². The summed E-state index contributed by atoms with van der Waals surface area (Å²) in [6.45, 7) is 1.83. The van der Waals surface area contributed by atoms with E-state index in [9.17, 15) is 4.79 Å². The average Bonchev–Trinajstić information content (AvgIpc) is 3.32. The lowest BCUT2D eigenvalue weighted by molar-refractivity contribution is 0.0697. The summed E-state index contributed by atoms with van der Waals surface area (Å²) in [7, 11) is 0. The molecule has 0 aliphatic rings. The lowest BCUT2D eigenvalue weighted by Crippen LogP contribution is -2.03. The molecule has 0 fully saturated rings. The zero-order valence-electron chi connectivity index (χ0n) is 14.2. The highest BCUT2D eigenvalue weighted by molar-refractivity contribution is 5.86. The van der Waals surface area contributed by atoms with E-state index in [4.69, 9.17) is 5.11 Å². The van der Waals surface area contributed by atoms with Gasteiger partial charge >= 0.3 is 5.97 Å². The van der Waals surface area contributed by atoms with E-state index in [2.05, 4.69) is 30.5 Å². The van der Waals surface area contributed by atoms with Crippen molar-refractivity contribution in [1.29, 1.82) is 0 Å². The zero-order chi connectivity index (χ0) is 18.8. The number of carboxylic acid groups (broad SMARTS) is 1. The summed E-state index contributed by atoms with van der Waals surface area (Å²) in [5, 5.41) is 20.4. The number of aryl methyl sites for hydroxylation is 1. The molecule has 0 aliphatic heterocycles. The first-order valence-corrected chi connectivity index (χ1v) is 7.95. The molecule has 0 bridgehead atoms. The first-order chi connectivity index (χ1) is 13.1. The number of aromatic carboxylic acids is 1. The Balaban J connectivity index is 1.53. The maximum absolute atomic E-state index is 11.0. The second-order valence-corrected chi connectivity index (χ2v) is 5.63. The first-order valence-electron chi connectivity index (χ1n) is 7.95. The van der Waals surface area contributed by atoms with Crippen LogP contribution in [-0.2, 0) is 0 Å². The van der Waals surface area contributed by atoms with Crippen LogP contribution in [0.3, 0.4) is 0 Å². The molecule has 27 heavy (non-hydrogen) atoms. The van der Waals surface area contributed by atoms with Crippen LogP contribution in [0.1, 0.15) is 16.2 Å². The number of hydrogen-bond donors (Lipinski definition) is 2. The number of nitrogens with one attached hydrogen (secondary N) is 1. The number of anilines is 2. The Morgan fingerprint density at radius 1 is 1.11 bits per heavy atom. The summed E-state index contributed by atoms with van der Waals surface area (Å²) in [6.07, 6.45) is 5.88. The van der Waals surface area contributed by atoms with Gasteiger partial charge in [-0.25, -0.2) is 24.1 Å². The van der Waals surface area contributed by atoms with Crippen LogP contribution in [0.15, 0.2) is 55.2 Å². The summed E-state index contributed by atoms with van der Waals surface area (Å²) < 4.78 is 3.07. The van der Waals surface area contributed by atoms with Crippen molar-refractivity contribution in [3.05, 3.63) is 66.6 Å². The van der Waals surface area contributed by atoms with Gasteiger partial charge in [0.25, 0.3) is 0 Å². The van der Waals surface area contributed by atoms with Crippen molar-refractivity contribution < 1.29 is 9.90 Å². The highest BCUT2D eigenvalue weighted by Crippen LogP contribution is 2.16. The average molecular weight is 362 g/mol. The van der Waals surface area contributed by atoms with Gasteiger partial charge in [0.05, 0.1) is 17.4 Å². The molecule has 2 N–H and O–H groups in total. The molecule has 0 aliphatic carbocycles. The van der Waals surface area contributed by atoms with Crippen molar-refractivity contribution in [2.24, 2.45) is 0 Å². The van der Waals surface area contributed by atoms with Crippen LogP contribution in [-0.4, -0.2) is 45.6 Å². The topological polar surface area (TPSA) is 124 Å². The molecule has 3 heterocycles. The Labute approximate surface area is 153 Å². The van der Waals surface area contributed by atoms with Gasteiger partial charge in [-0.15, -0.1) is 0 Å². The Morgan fingerprint density at radius 2 is 1.93 bits per heavy atom. The molecular formula is C17H14N8O2. The minimum absolute atomic E-state index is 0.0852. The van der Waals surface area contributed by atoms with Crippen molar-refractivity contribution in [2.45, 2.75) is 6.92 Å². The Bertz CT molecular complexity index is 1100. The third kappa shape index (κ3) is 3.49. The van der Waals surface area contributed by atoms with E-state index in [1.165, 1.54) is 17.1 Å². The number of nitrogens with zero attached hydrogens (tertiary/aromatic N) is 7. The van der Waals surface area contributed by atoms with E-state index in [-0.39, 0.29) is 5.56 Å². The van der Waals surface area contributed by atoms with Crippen LogP contribution in [0.4, 0.5) is 11.6 Å². The Morgan fingerprint density at radius 3 is 2.59 bits per heavy atom. The number of carboxylic acids is 1. The van der Waals surface area contributed by atoms with Crippen molar-refractivity contribution in [3.8, 4) is 11.5 Å². The number of carbonyl (C=O) groups is 1. The quantitative estimate of drug-likeness (QED) is 0.552. The molecule has 1 aromatic carbocycles. The maximum Gasteiger partial charge on any atom is 0.338 e. The van der Waals surface area contributed by atoms with Crippen LogP contribution in [0.2, 0.25) is 0 Å². The van der Waals surface area contributed by atoms with Crippen molar-refractivity contribution in [1.82, 2.24) is 34.5 Å². The Kier molecular flexibility index (Phi) is 4.05. The predicted molar refractivity (Wildman–Crippen MR) is 95.5 cm³/mol. The smallest absolute Gasteiger partial charge is 0.338 e. The first kappa shape index (κ1) is 16.4. The summed E-state index contributed by atoms with van der Waals surface area (Å²) in [6, 6.07) is 9.18. The minimum Gasteiger partial charge on any atom is -0.478 e. The zero-order valence-corrected chi connectivity index (χ0v) is 14.2. The third-order valence-corrected chi connectivity index (χ3v) is 3.70. The molecule has 3 aromatic heterocycles. The van der Waals surface area contributed by atoms with Crippen LogP contribution < -0.4 is 5.32 Å². The van der Waals surface area contributed by atoms with E-state index < -0.39 is 5.97 Å². The maximum atomic E-state index is 11.0. The van der Waals surface area contributed by atoms with Crippen LogP contribution in [0.5, 0.6) is 0 Å². The van der Waals surface area contributed by atoms with E-state index >= 15 is 0 Å². The summed E-state index contributed by atoms with van der Waals surface area (Å²) >= 11 is 0. The molecule has 0 saturated heterocycles. The molecule has 10 heteroatoms. The van der Waals surface area contributed by atoms with Gasteiger partial charge in [-0.3, -0.25) is 0 Å². The van der Waals surface area contributed by atoms with Crippen LogP contribution in [0, 0.1) is 6.92 Å². The highest BCUT2D eigenvalue weighted by Gasteiger charge is 2.09. The van der Waals surface area contributed by atoms with Crippen LogP contribution >= 0.6 is 0 Å². The Hall–Kier alpha value is -4.08. The van der Waals surface area contributed by atoms with Crippen molar-refractivity contribution in [3.63, 3.8) is 0 Å². The lowest BCUT2D eigenvalue weighted by atomic mass is 10.3. The highest BCUT2D eigenvalue weighted by atomic mass is 16.4. The minimum atomic E-state index is -1.05. The normalized spacial score (nSPS) is 10.7. The number of aromatic nitrogens is 7. The van der Waals surface area contributed by atoms with Gasteiger partial charge in [-0.1, -0.05) is 0 Å². The number of rotatable bonds is 5. The monoisotopic (exact) mass is 362 g/mol. The van der Waals surface area contributed by atoms with E-state index in [1.807, 2.05) is 31.2 Å². The largest absolute Gasteiger partial charge is 0.478 e. The van der Waals surface area contributed by atoms with Crippen LogP contribution in [0.25, 0.3) is 11.5 Å². The second-order valence-electron chi connectivity index (χ2n) is 5.63. The second kappa shape index (κ2) is 6.67. The fourth-order valence-electron chi connectivity index (χ4n) is 2.39. The molecule has 0 amide bonds. The standard InChI is InChI=1S/C17H14N8O2/c1-11-19-10-25(23-11)14-4-2-13(3-5-14)21-17-18-7-6-15(22-17)24-9-12(8-20-24)16(26)27/h2-10H,1H3,(H,26,27)(H,18,21,22). The van der Waals surface area contributed by atoms with Gasteiger partial charge < -0.3 is 10.4 Å². The molecule has 0 atom stereocenters. The molecule has 0 saturated carbocycles. The number of hydrogen-bond acceptors (Lipinski definition) is 7. The molecule has 0 radical (unpaired) electrons. The predicted octanol–water partition coefficient (Wildman–Crippen LogP) is 1.99. The fraction of sp³-hybridized carbons (Fsp3) is 0.0588. The molecular weight excluding hydrogens is 348 g/mol. The van der Waals surface area contributed by atoms with E-state index in [1.54, 1.807) is 23.3 Å². The van der Waals surface area contributed by atoms with Gasteiger partial charge in [0, 0.05) is 24.1 Å². The summed E-state index contributed by atoms with van der Waals surface area (Å²) in [5.41, 5.74) is 1.76. The number of benzene rings is 1. The molecule has 4 rings (SSSR count). The molecule has 134 valence electrons. The van der Waals surface area contributed by atoms with Crippen molar-refractivity contribution in [2.75, 3.05) is 5.32 Å². The van der Waals surface area contributed by atoms with Gasteiger partial charge in [0.2, 0.25) is 5.95 Å². The molecule has 0 spiro atoms. The summed E-state index contributed by atoms with van der Waals surface area (Å²) in [4.78, 5) is 23.6. The van der Waals surface area contributed by atoms with Crippen molar-refractivity contribution >= 4 is 17.6 Å². The molecule has 0 unspecified atom stereocenters.